The second-order valence-electron chi connectivity index (χ2n) is 8.52. The van der Waals surface area contributed by atoms with Gasteiger partial charge in [-0.1, -0.05) is 11.6 Å². The van der Waals surface area contributed by atoms with Crippen molar-refractivity contribution in [3.8, 4) is 0 Å². The van der Waals surface area contributed by atoms with E-state index in [1.807, 2.05) is 6.07 Å². The Morgan fingerprint density at radius 1 is 1.42 bits per heavy atom. The fourth-order valence-corrected chi connectivity index (χ4v) is 6.55. The Hall–Kier alpha value is -1.07. The zero-order chi connectivity index (χ0) is 17.9. The number of aliphatic hydroxyl groups is 1. The van der Waals surface area contributed by atoms with Crippen LogP contribution in [0.5, 0.6) is 0 Å². The maximum absolute atomic E-state index is 10.7. The highest BCUT2D eigenvalue weighted by Crippen LogP contribution is 2.54. The second-order valence-corrected chi connectivity index (χ2v) is 8.96. The molecular formula is C21H27ClN2O2. The van der Waals surface area contributed by atoms with Crippen LogP contribution >= 0.6 is 11.6 Å². The molecule has 4 bridgehead atoms. The summed E-state index contributed by atoms with van der Waals surface area (Å²) in [5.41, 5.74) is 3.61. The first-order chi connectivity index (χ1) is 12.7. The van der Waals surface area contributed by atoms with Gasteiger partial charge in [0.15, 0.2) is 0 Å². The number of hydrogen-bond acceptors (Lipinski definition) is 3. The predicted octanol–water partition coefficient (Wildman–Crippen LogP) is 3.35. The van der Waals surface area contributed by atoms with E-state index in [2.05, 4.69) is 22.0 Å². The van der Waals surface area contributed by atoms with E-state index >= 15 is 0 Å². The first-order valence-corrected chi connectivity index (χ1v) is 10.2. The average molecular weight is 375 g/mol. The number of H-pyrrole nitrogens is 1. The molecule has 3 aliphatic heterocycles. The van der Waals surface area contributed by atoms with Gasteiger partial charge in [-0.15, -0.1) is 0 Å². The Morgan fingerprint density at radius 3 is 3.12 bits per heavy atom. The maximum Gasteiger partial charge on any atom is 0.0557 e. The van der Waals surface area contributed by atoms with Gasteiger partial charge >= 0.3 is 0 Å². The highest BCUT2D eigenvalue weighted by Gasteiger charge is 2.58. The van der Waals surface area contributed by atoms with Crippen molar-refractivity contribution < 1.29 is 9.84 Å². The number of ether oxygens (including phenoxy) is 1. The molecule has 1 aromatic heterocycles. The molecule has 4 heterocycles. The molecule has 0 radical (unpaired) electrons. The van der Waals surface area contributed by atoms with Gasteiger partial charge in [-0.25, -0.2) is 0 Å². The highest BCUT2D eigenvalue weighted by atomic mass is 35.5. The van der Waals surface area contributed by atoms with Crippen LogP contribution in [0.1, 0.15) is 30.5 Å². The molecule has 1 aliphatic carbocycles. The summed E-state index contributed by atoms with van der Waals surface area (Å²) in [5.74, 6) is 1.26. The molecular weight excluding hydrogens is 348 g/mol. The number of fused-ring (bicyclic) bond motifs is 4. The number of benzene rings is 1. The SMILES string of the molecule is COCCC1CC2CN3CCc4c([nH]c5ccc(Cl)cc45)C(CO)(C2)C13. The Labute approximate surface area is 159 Å². The van der Waals surface area contributed by atoms with Gasteiger partial charge in [-0.3, -0.25) is 4.90 Å². The summed E-state index contributed by atoms with van der Waals surface area (Å²) in [6.45, 7) is 3.26. The van der Waals surface area contributed by atoms with Gasteiger partial charge in [0.2, 0.25) is 0 Å². The standard InChI is InChI=1S/C21H27ClN2O2/c1-26-7-5-14-8-13-10-21(12-25)19-16(4-6-24(11-13)20(14)21)17-9-15(22)2-3-18(17)23-19/h2-3,9,13-14,20,23,25H,4-8,10-12H2,1H3. The third-order valence-electron chi connectivity index (χ3n) is 7.18. The van der Waals surface area contributed by atoms with Gasteiger partial charge in [0, 0.05) is 59.9 Å². The Kier molecular flexibility index (Phi) is 4.09. The molecule has 5 unspecified atom stereocenters. The van der Waals surface area contributed by atoms with Gasteiger partial charge < -0.3 is 14.8 Å². The summed E-state index contributed by atoms with van der Waals surface area (Å²) in [4.78, 5) is 6.38. The van der Waals surface area contributed by atoms with Crippen LogP contribution in [-0.2, 0) is 16.6 Å². The molecule has 1 saturated carbocycles. The summed E-state index contributed by atoms with van der Waals surface area (Å²) >= 11 is 6.29. The van der Waals surface area contributed by atoms with E-state index in [1.54, 1.807) is 7.11 Å². The van der Waals surface area contributed by atoms with Gasteiger partial charge in [-0.05, 0) is 61.3 Å². The number of aromatic nitrogens is 1. The molecule has 0 amide bonds. The summed E-state index contributed by atoms with van der Waals surface area (Å²) in [7, 11) is 1.79. The van der Waals surface area contributed by atoms with Crippen LogP contribution in [0.25, 0.3) is 10.9 Å². The summed E-state index contributed by atoms with van der Waals surface area (Å²) in [6, 6.07) is 6.52. The minimum Gasteiger partial charge on any atom is -0.395 e. The predicted molar refractivity (Wildman–Crippen MR) is 104 cm³/mol. The molecule has 4 aliphatic rings. The van der Waals surface area contributed by atoms with Gasteiger partial charge in [0.1, 0.15) is 0 Å². The number of nitrogens with zero attached hydrogens (tertiary/aromatic N) is 1. The molecule has 5 atom stereocenters. The van der Waals surface area contributed by atoms with Crippen molar-refractivity contribution in [1.82, 2.24) is 9.88 Å². The van der Waals surface area contributed by atoms with E-state index < -0.39 is 0 Å². The molecule has 140 valence electrons. The van der Waals surface area contributed by atoms with Crippen molar-refractivity contribution in [2.24, 2.45) is 11.8 Å². The molecule has 5 heteroatoms. The van der Waals surface area contributed by atoms with Crippen molar-refractivity contribution >= 4 is 22.5 Å². The van der Waals surface area contributed by atoms with Gasteiger partial charge in [0.05, 0.1) is 6.61 Å². The maximum atomic E-state index is 10.7. The number of rotatable bonds is 4. The topological polar surface area (TPSA) is 48.5 Å². The Balaban J connectivity index is 1.68. The molecule has 2 aromatic rings. The number of aromatic amines is 1. The number of aliphatic hydroxyl groups excluding tert-OH is 1. The lowest BCUT2D eigenvalue weighted by Gasteiger charge is -2.59. The normalized spacial score (nSPS) is 35.5. The van der Waals surface area contributed by atoms with E-state index in [0.717, 1.165) is 43.0 Å². The summed E-state index contributed by atoms with van der Waals surface area (Å²) in [5, 5.41) is 12.7. The van der Waals surface area contributed by atoms with Crippen molar-refractivity contribution in [3.63, 3.8) is 0 Å². The van der Waals surface area contributed by atoms with Crippen molar-refractivity contribution in [3.05, 3.63) is 34.5 Å². The zero-order valence-electron chi connectivity index (χ0n) is 15.3. The molecule has 3 fully saturated rings. The van der Waals surface area contributed by atoms with Gasteiger partial charge in [-0.2, -0.15) is 0 Å². The summed E-state index contributed by atoms with van der Waals surface area (Å²) in [6.07, 6.45) is 4.46. The quantitative estimate of drug-likeness (QED) is 0.862. The van der Waals surface area contributed by atoms with Crippen molar-refractivity contribution in [1.29, 1.82) is 0 Å². The van der Waals surface area contributed by atoms with E-state index in [9.17, 15) is 5.11 Å². The largest absolute Gasteiger partial charge is 0.395 e. The van der Waals surface area contributed by atoms with Crippen LogP contribution in [0.3, 0.4) is 0 Å². The zero-order valence-corrected chi connectivity index (χ0v) is 16.1. The minimum absolute atomic E-state index is 0.184. The number of halogens is 1. The highest BCUT2D eigenvalue weighted by molar-refractivity contribution is 6.31. The summed E-state index contributed by atoms with van der Waals surface area (Å²) < 4.78 is 5.40. The minimum atomic E-state index is -0.184. The fourth-order valence-electron chi connectivity index (χ4n) is 6.38. The van der Waals surface area contributed by atoms with Gasteiger partial charge in [0.25, 0.3) is 0 Å². The van der Waals surface area contributed by atoms with E-state index in [-0.39, 0.29) is 12.0 Å². The van der Waals surface area contributed by atoms with Crippen LogP contribution in [0.2, 0.25) is 5.02 Å². The number of nitrogens with one attached hydrogen (secondary N) is 1. The molecule has 4 nitrogen and oxygen atoms in total. The molecule has 6 rings (SSSR count). The molecule has 2 N–H and O–H groups in total. The van der Waals surface area contributed by atoms with Crippen LogP contribution in [0.15, 0.2) is 18.2 Å². The Morgan fingerprint density at radius 2 is 2.31 bits per heavy atom. The van der Waals surface area contributed by atoms with Crippen LogP contribution in [0, 0.1) is 11.8 Å². The lowest BCUT2D eigenvalue weighted by Crippen LogP contribution is -2.65. The Bertz CT molecular complexity index is 835. The fraction of sp³-hybridized carbons (Fsp3) is 0.619. The molecule has 0 spiro atoms. The van der Waals surface area contributed by atoms with E-state index in [4.69, 9.17) is 16.3 Å². The van der Waals surface area contributed by atoms with Crippen molar-refractivity contribution in [2.45, 2.75) is 37.1 Å². The average Bonchev–Trinajstić information content (AvgIpc) is 2.98. The smallest absolute Gasteiger partial charge is 0.0557 e. The lowest BCUT2D eigenvalue weighted by atomic mass is 9.56. The third kappa shape index (κ3) is 2.32. The third-order valence-corrected chi connectivity index (χ3v) is 7.41. The second kappa shape index (κ2) is 6.23. The molecule has 2 saturated heterocycles. The van der Waals surface area contributed by atoms with Crippen molar-refractivity contribution in [2.75, 3.05) is 33.4 Å². The first kappa shape index (κ1) is 17.1. The van der Waals surface area contributed by atoms with Crippen LogP contribution in [0.4, 0.5) is 0 Å². The monoisotopic (exact) mass is 374 g/mol. The first-order valence-electron chi connectivity index (χ1n) is 9.80. The van der Waals surface area contributed by atoms with Crippen LogP contribution < -0.4 is 0 Å². The molecule has 1 aromatic carbocycles. The number of hydrogen-bond donors (Lipinski definition) is 2. The lowest BCUT2D eigenvalue weighted by molar-refractivity contribution is -0.0826. The number of methoxy groups -OCH3 is 1. The van der Waals surface area contributed by atoms with E-state index in [1.165, 1.54) is 29.6 Å². The van der Waals surface area contributed by atoms with E-state index in [0.29, 0.717) is 17.9 Å². The number of piperidine rings is 2. The van der Waals surface area contributed by atoms with Crippen LogP contribution in [-0.4, -0.2) is 54.4 Å². The molecule has 26 heavy (non-hydrogen) atoms.